The third-order valence-corrected chi connectivity index (χ3v) is 2.83. The monoisotopic (exact) mass is 265 g/mol. The van der Waals surface area contributed by atoms with Crippen LogP contribution in [0.4, 0.5) is 0 Å². The minimum atomic E-state index is 0. The van der Waals surface area contributed by atoms with Crippen LogP contribution in [0.5, 0.6) is 11.5 Å². The highest BCUT2D eigenvalue weighted by molar-refractivity contribution is 5.27. The number of hydrogen-bond donors (Lipinski definition) is 1. The number of ether oxygens (including phenoxy) is 1. The Morgan fingerprint density at radius 1 is 1.17 bits per heavy atom. The molecule has 1 aromatic carbocycles. The molecule has 0 atom stereocenters. The summed E-state index contributed by atoms with van der Waals surface area (Å²) in [6.45, 7) is 2.64. The zero-order chi connectivity index (χ0) is 12.3. The lowest BCUT2D eigenvalue weighted by atomic mass is 10.2. The maximum atomic E-state index is 9.62. The number of methoxy groups -OCH3 is 1. The SMILES string of the molecule is COc1ccc(C[n+]2cccc(O)c2C)cc1.[Cl-]. The molecule has 2 aromatic rings. The number of halogens is 1. The van der Waals surface area contributed by atoms with Gasteiger partial charge in [-0.3, -0.25) is 0 Å². The van der Waals surface area contributed by atoms with E-state index in [2.05, 4.69) is 0 Å². The lowest BCUT2D eigenvalue weighted by molar-refractivity contribution is -0.694. The molecule has 4 heteroatoms. The van der Waals surface area contributed by atoms with E-state index >= 15 is 0 Å². The van der Waals surface area contributed by atoms with Crippen molar-refractivity contribution in [2.75, 3.05) is 7.11 Å². The van der Waals surface area contributed by atoms with Gasteiger partial charge >= 0.3 is 0 Å². The van der Waals surface area contributed by atoms with Gasteiger partial charge < -0.3 is 22.3 Å². The fourth-order valence-electron chi connectivity index (χ4n) is 1.72. The average molecular weight is 266 g/mol. The van der Waals surface area contributed by atoms with E-state index in [0.717, 1.165) is 18.0 Å². The molecule has 0 aliphatic carbocycles. The van der Waals surface area contributed by atoms with Crippen molar-refractivity contribution in [2.45, 2.75) is 13.5 Å². The van der Waals surface area contributed by atoms with Gasteiger partial charge in [-0.2, -0.15) is 4.57 Å². The highest BCUT2D eigenvalue weighted by Gasteiger charge is 2.10. The van der Waals surface area contributed by atoms with Crippen molar-refractivity contribution in [3.8, 4) is 11.5 Å². The molecule has 1 N–H and O–H groups in total. The zero-order valence-electron chi connectivity index (χ0n) is 10.4. The number of benzene rings is 1. The highest BCUT2D eigenvalue weighted by Crippen LogP contribution is 2.13. The molecule has 0 spiro atoms. The Labute approximate surface area is 113 Å². The predicted molar refractivity (Wildman–Crippen MR) is 65.1 cm³/mol. The summed E-state index contributed by atoms with van der Waals surface area (Å²) >= 11 is 0. The van der Waals surface area contributed by atoms with E-state index in [1.165, 1.54) is 5.56 Å². The number of aromatic hydroxyl groups is 1. The predicted octanol–water partition coefficient (Wildman–Crippen LogP) is -0.951. The number of hydrogen-bond acceptors (Lipinski definition) is 2. The van der Waals surface area contributed by atoms with Crippen molar-refractivity contribution in [3.05, 3.63) is 53.9 Å². The Morgan fingerprint density at radius 2 is 1.83 bits per heavy atom. The van der Waals surface area contributed by atoms with Gasteiger partial charge in [0.2, 0.25) is 5.69 Å². The van der Waals surface area contributed by atoms with E-state index in [9.17, 15) is 5.11 Å². The Bertz CT molecular complexity index is 512. The smallest absolute Gasteiger partial charge is 0.220 e. The molecule has 1 aromatic heterocycles. The second kappa shape index (κ2) is 6.26. The van der Waals surface area contributed by atoms with Crippen molar-refractivity contribution in [2.24, 2.45) is 0 Å². The first kappa shape index (κ1) is 14.3. The van der Waals surface area contributed by atoms with Crippen LogP contribution in [0.2, 0.25) is 0 Å². The Kier molecular flexibility index (Phi) is 4.98. The molecule has 0 saturated carbocycles. The second-order valence-corrected chi connectivity index (χ2v) is 3.95. The molecule has 0 saturated heterocycles. The summed E-state index contributed by atoms with van der Waals surface area (Å²) in [6.07, 6.45) is 1.96. The molecule has 0 aliphatic rings. The minimum absolute atomic E-state index is 0. The minimum Gasteiger partial charge on any atom is -1.00 e. The topological polar surface area (TPSA) is 33.3 Å². The van der Waals surface area contributed by atoms with Crippen LogP contribution in [0, 0.1) is 6.92 Å². The molecule has 0 amide bonds. The van der Waals surface area contributed by atoms with Gasteiger partial charge in [0.05, 0.1) is 7.11 Å². The normalized spacial score (nSPS) is 9.67. The van der Waals surface area contributed by atoms with Crippen LogP contribution in [0.3, 0.4) is 0 Å². The Morgan fingerprint density at radius 3 is 2.44 bits per heavy atom. The van der Waals surface area contributed by atoms with Gasteiger partial charge in [-0.1, -0.05) is 0 Å². The molecule has 0 bridgehead atoms. The first-order valence-corrected chi connectivity index (χ1v) is 5.51. The maximum Gasteiger partial charge on any atom is 0.220 e. The molecule has 1 heterocycles. The first-order chi connectivity index (χ1) is 8.20. The third kappa shape index (κ3) is 3.14. The quantitative estimate of drug-likeness (QED) is 0.726. The fourth-order valence-corrected chi connectivity index (χ4v) is 1.72. The lowest BCUT2D eigenvalue weighted by Gasteiger charge is -2.03. The van der Waals surface area contributed by atoms with Crippen molar-refractivity contribution in [3.63, 3.8) is 0 Å². The van der Waals surface area contributed by atoms with Gasteiger partial charge in [0, 0.05) is 18.6 Å². The van der Waals surface area contributed by atoms with Crippen LogP contribution >= 0.6 is 0 Å². The summed E-state index contributed by atoms with van der Waals surface area (Å²) in [5.74, 6) is 1.17. The molecule has 3 nitrogen and oxygen atoms in total. The van der Waals surface area contributed by atoms with Crippen molar-refractivity contribution >= 4 is 0 Å². The molecular formula is C14H16ClNO2. The molecular weight excluding hydrogens is 250 g/mol. The van der Waals surface area contributed by atoms with E-state index in [1.54, 1.807) is 13.2 Å². The Balaban J connectivity index is 0.00000162. The van der Waals surface area contributed by atoms with Crippen LogP contribution in [0.15, 0.2) is 42.6 Å². The second-order valence-electron chi connectivity index (χ2n) is 3.95. The van der Waals surface area contributed by atoms with Gasteiger partial charge in [0.15, 0.2) is 18.5 Å². The number of rotatable bonds is 3. The Hall–Kier alpha value is -1.74. The van der Waals surface area contributed by atoms with Gasteiger partial charge in [-0.25, -0.2) is 0 Å². The van der Waals surface area contributed by atoms with Gasteiger partial charge in [-0.05, 0) is 30.3 Å². The third-order valence-electron chi connectivity index (χ3n) is 2.83. The van der Waals surface area contributed by atoms with Gasteiger partial charge in [0.1, 0.15) is 5.75 Å². The summed E-state index contributed by atoms with van der Waals surface area (Å²) in [7, 11) is 1.66. The fraction of sp³-hybridized carbons (Fsp3) is 0.214. The summed E-state index contributed by atoms with van der Waals surface area (Å²) in [5.41, 5.74) is 2.04. The summed E-state index contributed by atoms with van der Waals surface area (Å²) < 4.78 is 7.13. The number of aromatic nitrogens is 1. The standard InChI is InChI=1S/C14H15NO2.ClH/c1-11-14(16)4-3-9-15(11)10-12-5-7-13(17-2)8-6-12;/h3-9H,10H2,1-2H3;1H. The van der Waals surface area contributed by atoms with Crippen molar-refractivity contribution < 1.29 is 26.8 Å². The first-order valence-electron chi connectivity index (χ1n) is 5.51. The van der Waals surface area contributed by atoms with Crippen LogP contribution < -0.4 is 21.7 Å². The van der Waals surface area contributed by atoms with E-state index in [-0.39, 0.29) is 12.4 Å². The summed E-state index contributed by atoms with van der Waals surface area (Å²) in [6, 6.07) is 11.5. The van der Waals surface area contributed by atoms with Crippen LogP contribution in [-0.4, -0.2) is 12.2 Å². The van der Waals surface area contributed by atoms with Crippen LogP contribution in [0.25, 0.3) is 0 Å². The van der Waals surface area contributed by atoms with E-state index in [4.69, 9.17) is 4.74 Å². The van der Waals surface area contributed by atoms with Crippen molar-refractivity contribution in [1.82, 2.24) is 0 Å². The molecule has 0 unspecified atom stereocenters. The maximum absolute atomic E-state index is 9.62. The molecule has 18 heavy (non-hydrogen) atoms. The zero-order valence-corrected chi connectivity index (χ0v) is 11.2. The molecule has 0 radical (unpaired) electrons. The molecule has 0 aliphatic heterocycles. The summed E-state index contributed by atoms with van der Waals surface area (Å²) in [4.78, 5) is 0. The van der Waals surface area contributed by atoms with Gasteiger partial charge in [0.25, 0.3) is 0 Å². The van der Waals surface area contributed by atoms with Crippen LogP contribution in [-0.2, 0) is 6.54 Å². The molecule has 0 fully saturated rings. The van der Waals surface area contributed by atoms with E-state index in [1.807, 2.05) is 48.0 Å². The average Bonchev–Trinajstić information content (AvgIpc) is 2.36. The lowest BCUT2D eigenvalue weighted by Crippen LogP contribution is -3.00. The van der Waals surface area contributed by atoms with E-state index < -0.39 is 0 Å². The van der Waals surface area contributed by atoms with Gasteiger partial charge in [-0.15, -0.1) is 0 Å². The van der Waals surface area contributed by atoms with Crippen molar-refractivity contribution in [1.29, 1.82) is 0 Å². The largest absolute Gasteiger partial charge is 1.00 e. The summed E-state index contributed by atoms with van der Waals surface area (Å²) in [5, 5.41) is 9.62. The van der Waals surface area contributed by atoms with E-state index in [0.29, 0.717) is 5.75 Å². The molecule has 96 valence electrons. The number of pyridine rings is 1. The molecule has 2 rings (SSSR count). The van der Waals surface area contributed by atoms with Crippen LogP contribution in [0.1, 0.15) is 11.3 Å². The highest BCUT2D eigenvalue weighted by atomic mass is 35.5. The number of nitrogens with zero attached hydrogens (tertiary/aromatic N) is 1.